The van der Waals surface area contributed by atoms with E-state index in [1.165, 1.54) is 10.8 Å². The van der Waals surface area contributed by atoms with E-state index in [4.69, 9.17) is 0 Å². The minimum atomic E-state index is 0.580. The molecule has 0 unspecified atom stereocenters. The van der Waals surface area contributed by atoms with E-state index in [0.717, 1.165) is 24.7 Å². The van der Waals surface area contributed by atoms with Crippen molar-refractivity contribution in [3.63, 3.8) is 0 Å². The molecule has 0 radical (unpaired) electrons. The highest BCUT2D eigenvalue weighted by molar-refractivity contribution is 5.85. The highest BCUT2D eigenvalue weighted by Crippen LogP contribution is 2.16. The largest absolute Gasteiger partial charge is 0.357 e. The van der Waals surface area contributed by atoms with Gasteiger partial charge < -0.3 is 10.6 Å². The number of benzene rings is 1. The Bertz CT molecular complexity index is 550. The molecule has 1 aromatic heterocycles. The normalized spacial score (nSPS) is 10.2. The standard InChI is InChI=1S/C15H20N4/c1-3-16-15(17-4-2)19-11-14-13-8-6-5-7-12(13)9-10-18-14/h5-10H,3-4,11H2,1-2H3,(H2,16,17,19). The third-order valence-electron chi connectivity index (χ3n) is 2.83. The molecule has 0 aliphatic carbocycles. The zero-order valence-electron chi connectivity index (χ0n) is 11.5. The third kappa shape index (κ3) is 3.44. The molecule has 0 bridgehead atoms. The summed E-state index contributed by atoms with van der Waals surface area (Å²) in [5.41, 5.74) is 1.01. The van der Waals surface area contributed by atoms with E-state index in [-0.39, 0.29) is 0 Å². The van der Waals surface area contributed by atoms with Crippen LogP contribution < -0.4 is 10.6 Å². The molecule has 0 aliphatic rings. The average Bonchev–Trinajstić information content (AvgIpc) is 2.45. The van der Waals surface area contributed by atoms with Crippen molar-refractivity contribution in [3.8, 4) is 0 Å². The van der Waals surface area contributed by atoms with Gasteiger partial charge in [-0.1, -0.05) is 24.3 Å². The van der Waals surface area contributed by atoms with Crippen molar-refractivity contribution in [3.05, 3.63) is 42.2 Å². The molecule has 4 nitrogen and oxygen atoms in total. The Balaban J connectivity index is 2.23. The zero-order valence-corrected chi connectivity index (χ0v) is 11.5. The minimum Gasteiger partial charge on any atom is -0.357 e. The number of hydrogen-bond donors (Lipinski definition) is 2. The van der Waals surface area contributed by atoms with Crippen LogP contribution in [0.15, 0.2) is 41.5 Å². The van der Waals surface area contributed by atoms with Gasteiger partial charge in [0.15, 0.2) is 5.96 Å². The third-order valence-corrected chi connectivity index (χ3v) is 2.83. The van der Waals surface area contributed by atoms with E-state index in [2.05, 4.69) is 46.6 Å². The molecule has 0 spiro atoms. The summed E-state index contributed by atoms with van der Waals surface area (Å²) in [5, 5.41) is 8.80. The first-order valence-electron chi connectivity index (χ1n) is 6.70. The molecule has 0 saturated carbocycles. The maximum Gasteiger partial charge on any atom is 0.191 e. The lowest BCUT2D eigenvalue weighted by atomic mass is 10.1. The van der Waals surface area contributed by atoms with Crippen LogP contribution in [0.2, 0.25) is 0 Å². The summed E-state index contributed by atoms with van der Waals surface area (Å²) in [6.07, 6.45) is 1.84. The second-order valence-corrected chi connectivity index (χ2v) is 4.20. The van der Waals surface area contributed by atoms with Gasteiger partial charge in [-0.25, -0.2) is 4.99 Å². The molecule has 4 heteroatoms. The zero-order chi connectivity index (χ0) is 13.5. The fourth-order valence-corrected chi connectivity index (χ4v) is 1.97. The van der Waals surface area contributed by atoms with E-state index in [1.54, 1.807) is 0 Å². The van der Waals surface area contributed by atoms with E-state index in [0.29, 0.717) is 6.54 Å². The van der Waals surface area contributed by atoms with E-state index >= 15 is 0 Å². The molecule has 19 heavy (non-hydrogen) atoms. The van der Waals surface area contributed by atoms with Crippen molar-refractivity contribution in [2.45, 2.75) is 20.4 Å². The predicted molar refractivity (Wildman–Crippen MR) is 80.2 cm³/mol. The molecule has 2 rings (SSSR count). The SMILES string of the molecule is CCNC(=NCc1nccc2ccccc12)NCC. The summed E-state index contributed by atoms with van der Waals surface area (Å²) >= 11 is 0. The van der Waals surface area contributed by atoms with Gasteiger partial charge in [-0.15, -0.1) is 0 Å². The van der Waals surface area contributed by atoms with Crippen molar-refractivity contribution in [2.75, 3.05) is 13.1 Å². The van der Waals surface area contributed by atoms with E-state index < -0.39 is 0 Å². The van der Waals surface area contributed by atoms with Gasteiger partial charge in [0.2, 0.25) is 0 Å². The van der Waals surface area contributed by atoms with Crippen molar-refractivity contribution in [1.29, 1.82) is 0 Å². The van der Waals surface area contributed by atoms with E-state index in [1.807, 2.05) is 24.4 Å². The number of aromatic nitrogens is 1. The second-order valence-electron chi connectivity index (χ2n) is 4.20. The van der Waals surface area contributed by atoms with Gasteiger partial charge in [-0.2, -0.15) is 0 Å². The molecule has 1 heterocycles. The summed E-state index contributed by atoms with van der Waals surface area (Å²) in [6, 6.07) is 10.3. The summed E-state index contributed by atoms with van der Waals surface area (Å²) in [7, 11) is 0. The minimum absolute atomic E-state index is 0.580. The van der Waals surface area contributed by atoms with Gasteiger partial charge in [-0.3, -0.25) is 4.98 Å². The number of hydrogen-bond acceptors (Lipinski definition) is 2. The molecular formula is C15H20N4. The van der Waals surface area contributed by atoms with Gasteiger partial charge in [0.25, 0.3) is 0 Å². The lowest BCUT2D eigenvalue weighted by Crippen LogP contribution is -2.37. The smallest absolute Gasteiger partial charge is 0.191 e. The van der Waals surface area contributed by atoms with Crippen LogP contribution in [0.25, 0.3) is 10.8 Å². The molecule has 2 N–H and O–H groups in total. The number of nitrogens with zero attached hydrogens (tertiary/aromatic N) is 2. The Hall–Kier alpha value is -2.10. The number of aliphatic imine (C=N–C) groups is 1. The highest BCUT2D eigenvalue weighted by atomic mass is 15.2. The van der Waals surface area contributed by atoms with Crippen LogP contribution >= 0.6 is 0 Å². The average molecular weight is 256 g/mol. The van der Waals surface area contributed by atoms with Gasteiger partial charge >= 0.3 is 0 Å². The molecule has 1 aromatic carbocycles. The number of fused-ring (bicyclic) bond motifs is 1. The maximum atomic E-state index is 4.56. The molecular weight excluding hydrogens is 236 g/mol. The summed E-state index contributed by atoms with van der Waals surface area (Å²) in [6.45, 7) is 6.41. The quantitative estimate of drug-likeness (QED) is 0.652. The van der Waals surface area contributed by atoms with Gasteiger partial charge in [-0.05, 0) is 25.3 Å². The van der Waals surface area contributed by atoms with Crippen LogP contribution in [-0.4, -0.2) is 24.0 Å². The molecule has 0 saturated heterocycles. The second kappa shape index (κ2) is 6.73. The van der Waals surface area contributed by atoms with Crippen molar-refractivity contribution in [1.82, 2.24) is 15.6 Å². The van der Waals surface area contributed by atoms with Crippen LogP contribution in [0.1, 0.15) is 19.5 Å². The lowest BCUT2D eigenvalue weighted by molar-refractivity contribution is 0.835. The van der Waals surface area contributed by atoms with E-state index in [9.17, 15) is 0 Å². The Kier molecular flexibility index (Phi) is 4.72. The van der Waals surface area contributed by atoms with Crippen molar-refractivity contribution < 1.29 is 0 Å². The van der Waals surface area contributed by atoms with Crippen LogP contribution in [0.5, 0.6) is 0 Å². The predicted octanol–water partition coefficient (Wildman–Crippen LogP) is 2.31. The topological polar surface area (TPSA) is 49.3 Å². The molecule has 0 atom stereocenters. The number of guanidine groups is 1. The summed E-state index contributed by atoms with van der Waals surface area (Å²) in [5.74, 6) is 0.833. The number of rotatable bonds is 4. The van der Waals surface area contributed by atoms with Crippen LogP contribution in [0, 0.1) is 0 Å². The van der Waals surface area contributed by atoms with Crippen molar-refractivity contribution in [2.24, 2.45) is 4.99 Å². The van der Waals surface area contributed by atoms with Crippen LogP contribution in [-0.2, 0) is 6.54 Å². The summed E-state index contributed by atoms with van der Waals surface area (Å²) < 4.78 is 0. The first-order valence-corrected chi connectivity index (χ1v) is 6.70. The fraction of sp³-hybridized carbons (Fsp3) is 0.333. The first-order chi connectivity index (χ1) is 9.35. The molecule has 100 valence electrons. The molecule has 2 aromatic rings. The Morgan fingerprint density at radius 3 is 2.58 bits per heavy atom. The lowest BCUT2D eigenvalue weighted by Gasteiger charge is -2.09. The van der Waals surface area contributed by atoms with Crippen LogP contribution in [0.3, 0.4) is 0 Å². The van der Waals surface area contributed by atoms with Crippen molar-refractivity contribution >= 4 is 16.7 Å². The fourth-order valence-electron chi connectivity index (χ4n) is 1.97. The van der Waals surface area contributed by atoms with Gasteiger partial charge in [0.1, 0.15) is 0 Å². The monoisotopic (exact) mass is 256 g/mol. The molecule has 0 aliphatic heterocycles. The Morgan fingerprint density at radius 2 is 1.84 bits per heavy atom. The number of nitrogens with one attached hydrogen (secondary N) is 2. The Morgan fingerprint density at radius 1 is 1.11 bits per heavy atom. The maximum absolute atomic E-state index is 4.56. The molecule has 0 fully saturated rings. The van der Waals surface area contributed by atoms with Gasteiger partial charge in [0, 0.05) is 24.7 Å². The highest BCUT2D eigenvalue weighted by Gasteiger charge is 2.01. The van der Waals surface area contributed by atoms with Crippen LogP contribution in [0.4, 0.5) is 0 Å². The summed E-state index contributed by atoms with van der Waals surface area (Å²) in [4.78, 5) is 8.99. The number of pyridine rings is 1. The first kappa shape index (κ1) is 13.3. The van der Waals surface area contributed by atoms with Gasteiger partial charge in [0.05, 0.1) is 12.2 Å². The molecule has 0 amide bonds. The Labute approximate surface area is 114 Å².